The van der Waals surface area contributed by atoms with E-state index in [-0.39, 0.29) is 11.3 Å². The third kappa shape index (κ3) is 3.05. The fourth-order valence-corrected chi connectivity index (χ4v) is 2.04. The van der Waals surface area contributed by atoms with Crippen LogP contribution in [0.25, 0.3) is 0 Å². The lowest BCUT2D eigenvalue weighted by molar-refractivity contribution is 0.103. The Bertz CT molecular complexity index is 751. The van der Waals surface area contributed by atoms with Crippen molar-refractivity contribution in [1.82, 2.24) is 10.2 Å². The number of H-pyrrole nitrogens is 2. The summed E-state index contributed by atoms with van der Waals surface area (Å²) in [6.45, 7) is 1.61. The second-order valence-electron chi connectivity index (χ2n) is 4.36. The largest absolute Gasteiger partial charge is 0.396 e. The number of benzene rings is 1. The number of aromatic nitrogens is 2. The maximum atomic E-state index is 13.9. The minimum absolute atomic E-state index is 0.0668. The van der Waals surface area contributed by atoms with Gasteiger partial charge in [-0.2, -0.15) is 0 Å². The molecule has 1 heterocycles. The van der Waals surface area contributed by atoms with Gasteiger partial charge in [-0.25, -0.2) is 8.78 Å². The number of hydrogen-bond acceptors (Lipinski definition) is 2. The monoisotopic (exact) mass is 311 g/mol. The van der Waals surface area contributed by atoms with Gasteiger partial charge in [0.15, 0.2) is 5.82 Å². The second kappa shape index (κ2) is 5.97. The first kappa shape index (κ1) is 15.1. The number of hydrogen-bond donors (Lipinski definition) is 3. The van der Waals surface area contributed by atoms with Crippen molar-refractivity contribution in [3.05, 3.63) is 63.9 Å². The van der Waals surface area contributed by atoms with Crippen molar-refractivity contribution in [2.24, 2.45) is 0 Å². The van der Waals surface area contributed by atoms with Crippen molar-refractivity contribution in [1.29, 1.82) is 0 Å². The van der Waals surface area contributed by atoms with Gasteiger partial charge in [0.1, 0.15) is 5.82 Å². The fraction of sp³-hybridized carbons (Fsp3) is 0.0714. The van der Waals surface area contributed by atoms with E-state index in [1.54, 1.807) is 6.92 Å². The Labute approximate surface area is 124 Å². The molecule has 1 aromatic carbocycles. The van der Waals surface area contributed by atoms with Crippen LogP contribution in [0.15, 0.2) is 30.6 Å². The summed E-state index contributed by atoms with van der Waals surface area (Å²) in [5.74, 6) is -2.88. The molecule has 110 valence electrons. The highest BCUT2D eigenvalue weighted by Crippen LogP contribution is 2.23. The van der Waals surface area contributed by atoms with Crippen LogP contribution < -0.4 is 5.73 Å². The zero-order valence-corrected chi connectivity index (χ0v) is 11.8. The Morgan fingerprint density at radius 2 is 1.90 bits per heavy atom. The molecule has 0 aliphatic carbocycles. The first-order chi connectivity index (χ1) is 9.91. The van der Waals surface area contributed by atoms with Crippen molar-refractivity contribution in [3.63, 3.8) is 0 Å². The molecular weight excluding hydrogens is 300 g/mol. The van der Waals surface area contributed by atoms with Crippen LogP contribution in [0.4, 0.5) is 14.5 Å². The minimum atomic E-state index is -1.08. The van der Waals surface area contributed by atoms with Crippen LogP contribution in [0.1, 0.15) is 21.5 Å². The van der Waals surface area contributed by atoms with Gasteiger partial charge in [0.2, 0.25) is 5.78 Å². The van der Waals surface area contributed by atoms with Crippen molar-refractivity contribution in [2.75, 3.05) is 5.73 Å². The van der Waals surface area contributed by atoms with Gasteiger partial charge in [-0.05, 0) is 30.7 Å². The second-order valence-corrected chi connectivity index (χ2v) is 4.79. The molecule has 0 unspecified atom stereocenters. The van der Waals surface area contributed by atoms with Gasteiger partial charge in [-0.15, -0.1) is 0 Å². The van der Waals surface area contributed by atoms with Crippen LogP contribution in [0.5, 0.6) is 0 Å². The molecule has 0 spiro atoms. The first-order valence-electron chi connectivity index (χ1n) is 5.95. The Morgan fingerprint density at radius 1 is 1.24 bits per heavy atom. The van der Waals surface area contributed by atoms with E-state index in [1.807, 2.05) is 0 Å². The number of anilines is 1. The number of rotatable bonds is 2. The summed E-state index contributed by atoms with van der Waals surface area (Å²) in [5.41, 5.74) is 4.91. The van der Waals surface area contributed by atoms with Crippen LogP contribution in [-0.2, 0) is 0 Å². The SMILES string of the molecule is Cc1cc(Cl)c[nH][nH]cc1C(=O)c1c(F)ccc(N)c1F. The van der Waals surface area contributed by atoms with Crippen molar-refractivity contribution in [2.45, 2.75) is 6.92 Å². The highest BCUT2D eigenvalue weighted by atomic mass is 35.5. The Morgan fingerprint density at radius 3 is 2.62 bits per heavy atom. The predicted octanol–water partition coefficient (Wildman–Crippen LogP) is 3.52. The average Bonchev–Trinajstić information content (AvgIpc) is 2.41. The predicted molar refractivity (Wildman–Crippen MR) is 76.7 cm³/mol. The molecule has 0 bridgehead atoms. The number of aromatic amines is 2. The third-order valence-electron chi connectivity index (χ3n) is 2.88. The summed E-state index contributed by atoms with van der Waals surface area (Å²) in [6, 6.07) is 3.52. The number of nitrogens with two attached hydrogens (primary N) is 1. The molecular formula is C14H12ClF2N3O. The van der Waals surface area contributed by atoms with Gasteiger partial charge in [0.05, 0.1) is 16.3 Å². The van der Waals surface area contributed by atoms with Crippen LogP contribution in [0.2, 0.25) is 5.02 Å². The Kier molecular flexibility index (Phi) is 4.28. The number of nitrogen functional groups attached to an aromatic ring is 1. The van der Waals surface area contributed by atoms with Gasteiger partial charge in [0, 0.05) is 18.0 Å². The Balaban J connectivity index is 2.67. The lowest BCUT2D eigenvalue weighted by atomic mass is 10.00. The number of nitrogens with one attached hydrogen (secondary N) is 2. The smallest absolute Gasteiger partial charge is 0.200 e. The van der Waals surface area contributed by atoms with E-state index in [9.17, 15) is 13.6 Å². The molecule has 4 N–H and O–H groups in total. The molecule has 0 aliphatic rings. The highest BCUT2D eigenvalue weighted by Gasteiger charge is 2.22. The van der Waals surface area contributed by atoms with Crippen molar-refractivity contribution in [3.8, 4) is 0 Å². The number of halogens is 3. The van der Waals surface area contributed by atoms with Crippen molar-refractivity contribution < 1.29 is 13.6 Å². The molecule has 0 saturated carbocycles. The lowest BCUT2D eigenvalue weighted by Gasteiger charge is -2.07. The van der Waals surface area contributed by atoms with Gasteiger partial charge in [-0.1, -0.05) is 11.6 Å². The van der Waals surface area contributed by atoms with E-state index >= 15 is 0 Å². The van der Waals surface area contributed by atoms with Gasteiger partial charge in [0.25, 0.3) is 0 Å². The zero-order valence-electron chi connectivity index (χ0n) is 11.0. The zero-order chi connectivity index (χ0) is 15.6. The number of aryl methyl sites for hydroxylation is 1. The maximum absolute atomic E-state index is 13.9. The fourth-order valence-electron chi connectivity index (χ4n) is 1.82. The average molecular weight is 312 g/mol. The molecule has 0 radical (unpaired) electrons. The molecule has 1 aromatic heterocycles. The molecule has 2 aromatic rings. The molecule has 21 heavy (non-hydrogen) atoms. The standard InChI is InChI=1S/C14H12ClF2N3O/c1-7-4-8(15)5-19-20-6-9(7)14(21)12-10(16)2-3-11(18)13(12)17/h2-6,19-20H,18H2,1H3. The van der Waals surface area contributed by atoms with E-state index in [0.717, 1.165) is 12.1 Å². The molecule has 0 aliphatic heterocycles. The summed E-state index contributed by atoms with van der Waals surface area (Å²) in [6.07, 6.45) is 2.76. The van der Waals surface area contributed by atoms with E-state index in [1.165, 1.54) is 18.5 Å². The number of carbonyl (C=O) groups excluding carboxylic acids is 1. The van der Waals surface area contributed by atoms with E-state index in [0.29, 0.717) is 10.6 Å². The number of ketones is 1. The first-order valence-corrected chi connectivity index (χ1v) is 6.33. The van der Waals surface area contributed by atoms with Gasteiger partial charge >= 0.3 is 0 Å². The molecule has 7 heteroatoms. The molecule has 0 saturated heterocycles. The summed E-state index contributed by atoms with van der Waals surface area (Å²) >= 11 is 5.87. The Hall–Kier alpha value is -2.34. The highest BCUT2D eigenvalue weighted by molar-refractivity contribution is 6.30. The van der Waals surface area contributed by atoms with Gasteiger partial charge < -0.3 is 15.9 Å². The summed E-state index contributed by atoms with van der Waals surface area (Å²) in [5, 5.41) is 5.52. The summed E-state index contributed by atoms with van der Waals surface area (Å²) < 4.78 is 27.7. The van der Waals surface area contributed by atoms with Crippen molar-refractivity contribution >= 4 is 23.1 Å². The quantitative estimate of drug-likeness (QED) is 0.586. The summed E-state index contributed by atoms with van der Waals surface area (Å²) in [7, 11) is 0. The van der Waals surface area contributed by atoms with E-state index in [4.69, 9.17) is 17.3 Å². The third-order valence-corrected chi connectivity index (χ3v) is 3.10. The topological polar surface area (TPSA) is 74.7 Å². The van der Waals surface area contributed by atoms with Crippen LogP contribution in [0, 0.1) is 18.6 Å². The van der Waals surface area contributed by atoms with E-state index in [2.05, 4.69) is 10.2 Å². The lowest BCUT2D eigenvalue weighted by Crippen LogP contribution is -2.11. The minimum Gasteiger partial charge on any atom is -0.396 e. The summed E-state index contributed by atoms with van der Waals surface area (Å²) in [4.78, 5) is 12.4. The molecule has 0 fully saturated rings. The maximum Gasteiger partial charge on any atom is 0.200 e. The van der Waals surface area contributed by atoms with E-state index < -0.39 is 23.0 Å². The van der Waals surface area contributed by atoms with Crippen LogP contribution in [-0.4, -0.2) is 16.0 Å². The van der Waals surface area contributed by atoms with Gasteiger partial charge in [-0.3, -0.25) is 4.79 Å². The molecule has 0 atom stereocenters. The normalized spacial score (nSPS) is 10.3. The molecule has 2 rings (SSSR count). The molecule has 0 amide bonds. The van der Waals surface area contributed by atoms with Crippen LogP contribution >= 0.6 is 11.6 Å². The number of carbonyl (C=O) groups is 1. The molecule has 4 nitrogen and oxygen atoms in total. The van der Waals surface area contributed by atoms with Crippen LogP contribution in [0.3, 0.4) is 0 Å².